The van der Waals surface area contributed by atoms with E-state index in [9.17, 15) is 9.59 Å². The molecule has 5 heteroatoms. The summed E-state index contributed by atoms with van der Waals surface area (Å²) in [6, 6.07) is 7.21. The van der Waals surface area contributed by atoms with E-state index in [1.54, 1.807) is 17.0 Å². The maximum atomic E-state index is 12.4. The van der Waals surface area contributed by atoms with E-state index in [0.29, 0.717) is 24.2 Å². The summed E-state index contributed by atoms with van der Waals surface area (Å²) in [5.74, 6) is -0.297. The molecule has 0 atom stereocenters. The number of nitrogens with zero attached hydrogens (tertiary/aromatic N) is 1. The first-order valence-corrected chi connectivity index (χ1v) is 7.84. The third-order valence-corrected chi connectivity index (χ3v) is 4.93. The Morgan fingerprint density at radius 2 is 1.95 bits per heavy atom. The van der Waals surface area contributed by atoms with Gasteiger partial charge in [0.1, 0.15) is 0 Å². The van der Waals surface area contributed by atoms with Gasteiger partial charge in [-0.15, -0.1) is 0 Å². The molecule has 2 fully saturated rings. The van der Waals surface area contributed by atoms with Gasteiger partial charge in [-0.1, -0.05) is 12.1 Å². The average Bonchev–Trinajstić information content (AvgIpc) is 2.57. The summed E-state index contributed by atoms with van der Waals surface area (Å²) >= 11 is 0. The fraction of sp³-hybridized carbons (Fsp3) is 0.529. The first-order chi connectivity index (χ1) is 10.7. The van der Waals surface area contributed by atoms with Crippen LogP contribution in [0.3, 0.4) is 0 Å². The molecule has 1 spiro atoms. The first-order valence-electron chi connectivity index (χ1n) is 7.84. The molecule has 118 valence electrons. The monoisotopic (exact) mass is 302 g/mol. The van der Waals surface area contributed by atoms with Crippen molar-refractivity contribution in [2.45, 2.75) is 25.7 Å². The van der Waals surface area contributed by atoms with E-state index < -0.39 is 5.97 Å². The molecule has 1 aromatic carbocycles. The molecule has 2 aliphatic heterocycles. The maximum absolute atomic E-state index is 12.4. The molecule has 0 aromatic heterocycles. The summed E-state index contributed by atoms with van der Waals surface area (Å²) in [6.45, 7) is 2.70. The summed E-state index contributed by atoms with van der Waals surface area (Å²) in [4.78, 5) is 26.2. The topological polar surface area (TPSA) is 58.6 Å². The molecule has 0 radical (unpaired) electrons. The number of anilines is 1. The Kier molecular flexibility index (Phi) is 4.16. The highest BCUT2D eigenvalue weighted by molar-refractivity contribution is 6.03. The molecule has 2 heterocycles. The number of methoxy groups -OCH3 is 1. The first kappa shape index (κ1) is 15.0. The summed E-state index contributed by atoms with van der Waals surface area (Å²) < 4.78 is 4.85. The van der Waals surface area contributed by atoms with Gasteiger partial charge in [-0.05, 0) is 49.9 Å². The van der Waals surface area contributed by atoms with Crippen LogP contribution >= 0.6 is 0 Å². The Morgan fingerprint density at radius 3 is 2.68 bits per heavy atom. The SMILES string of the molecule is COC(=O)c1ccccc1N1CC2(CCNCC2)CCC1=O. The van der Waals surface area contributed by atoms with E-state index in [4.69, 9.17) is 4.74 Å². The second-order valence-corrected chi connectivity index (χ2v) is 6.24. The minimum atomic E-state index is -0.395. The molecule has 0 bridgehead atoms. The van der Waals surface area contributed by atoms with Gasteiger partial charge in [0.25, 0.3) is 0 Å². The Balaban J connectivity index is 1.92. The fourth-order valence-electron chi connectivity index (χ4n) is 3.59. The van der Waals surface area contributed by atoms with Crippen LogP contribution in [-0.2, 0) is 9.53 Å². The number of rotatable bonds is 2. The zero-order chi connectivity index (χ0) is 15.6. The number of esters is 1. The van der Waals surface area contributed by atoms with Crippen molar-refractivity contribution < 1.29 is 14.3 Å². The molecule has 2 saturated heterocycles. The summed E-state index contributed by atoms with van der Waals surface area (Å²) in [5, 5.41) is 3.38. The molecule has 1 aromatic rings. The quantitative estimate of drug-likeness (QED) is 0.849. The largest absolute Gasteiger partial charge is 0.465 e. The summed E-state index contributed by atoms with van der Waals surface area (Å²) in [7, 11) is 1.37. The number of piperidine rings is 2. The van der Waals surface area contributed by atoms with Crippen molar-refractivity contribution >= 4 is 17.6 Å². The molecular weight excluding hydrogens is 280 g/mol. The van der Waals surface area contributed by atoms with Crippen molar-refractivity contribution in [3.8, 4) is 0 Å². The van der Waals surface area contributed by atoms with Crippen LogP contribution < -0.4 is 10.2 Å². The standard InChI is InChI=1S/C17H22N2O3/c1-22-16(21)13-4-2-3-5-14(13)19-12-17(7-6-15(19)20)8-10-18-11-9-17/h2-5,18H,6-12H2,1H3. The molecule has 5 nitrogen and oxygen atoms in total. The highest BCUT2D eigenvalue weighted by atomic mass is 16.5. The van der Waals surface area contributed by atoms with Gasteiger partial charge in [-0.2, -0.15) is 0 Å². The van der Waals surface area contributed by atoms with Gasteiger partial charge in [0.2, 0.25) is 5.91 Å². The molecule has 22 heavy (non-hydrogen) atoms. The Bertz CT molecular complexity index is 579. The molecule has 0 unspecified atom stereocenters. The summed E-state index contributed by atoms with van der Waals surface area (Å²) in [5.41, 5.74) is 1.32. The fourth-order valence-corrected chi connectivity index (χ4v) is 3.59. The molecule has 1 amide bonds. The van der Waals surface area contributed by atoms with Crippen LogP contribution in [0.15, 0.2) is 24.3 Å². The normalized spacial score (nSPS) is 21.0. The van der Waals surface area contributed by atoms with Crippen LogP contribution in [-0.4, -0.2) is 38.6 Å². The van der Waals surface area contributed by atoms with Crippen molar-refractivity contribution in [2.24, 2.45) is 5.41 Å². The Labute approximate surface area is 130 Å². The summed E-state index contributed by atoms with van der Waals surface area (Å²) in [6.07, 6.45) is 3.66. The van der Waals surface area contributed by atoms with Crippen LogP contribution in [0.5, 0.6) is 0 Å². The third-order valence-electron chi connectivity index (χ3n) is 4.93. The van der Waals surface area contributed by atoms with Gasteiger partial charge in [0.15, 0.2) is 0 Å². The zero-order valence-corrected chi connectivity index (χ0v) is 12.9. The molecule has 0 saturated carbocycles. The lowest BCUT2D eigenvalue weighted by molar-refractivity contribution is -0.121. The van der Waals surface area contributed by atoms with Gasteiger partial charge in [-0.3, -0.25) is 4.79 Å². The third kappa shape index (κ3) is 2.73. The van der Waals surface area contributed by atoms with E-state index in [-0.39, 0.29) is 11.3 Å². The second kappa shape index (κ2) is 6.08. The minimum Gasteiger partial charge on any atom is -0.465 e. The molecule has 3 rings (SSSR count). The number of nitrogens with one attached hydrogen (secondary N) is 1. The van der Waals surface area contributed by atoms with Crippen LogP contribution in [0.4, 0.5) is 5.69 Å². The molecular formula is C17H22N2O3. The van der Waals surface area contributed by atoms with Crippen LogP contribution in [0.2, 0.25) is 0 Å². The number of hydrogen-bond donors (Lipinski definition) is 1. The second-order valence-electron chi connectivity index (χ2n) is 6.24. The number of ether oxygens (including phenoxy) is 1. The zero-order valence-electron chi connectivity index (χ0n) is 12.9. The number of carbonyl (C=O) groups excluding carboxylic acids is 2. The minimum absolute atomic E-state index is 0.0977. The average molecular weight is 302 g/mol. The van der Waals surface area contributed by atoms with Gasteiger partial charge in [0, 0.05) is 13.0 Å². The Morgan fingerprint density at radius 1 is 1.23 bits per heavy atom. The van der Waals surface area contributed by atoms with E-state index in [1.807, 2.05) is 12.1 Å². The van der Waals surface area contributed by atoms with E-state index in [0.717, 1.165) is 32.4 Å². The van der Waals surface area contributed by atoms with Gasteiger partial charge in [-0.25, -0.2) is 4.79 Å². The number of benzene rings is 1. The maximum Gasteiger partial charge on any atom is 0.339 e. The van der Waals surface area contributed by atoms with Crippen molar-refractivity contribution in [3.63, 3.8) is 0 Å². The lowest BCUT2D eigenvalue weighted by Gasteiger charge is -2.45. The number of hydrogen-bond acceptors (Lipinski definition) is 4. The van der Waals surface area contributed by atoms with Crippen LogP contribution in [0.1, 0.15) is 36.0 Å². The predicted molar refractivity (Wildman–Crippen MR) is 83.9 cm³/mol. The van der Waals surface area contributed by atoms with E-state index in [1.165, 1.54) is 7.11 Å². The van der Waals surface area contributed by atoms with Gasteiger partial charge in [0.05, 0.1) is 18.4 Å². The highest BCUT2D eigenvalue weighted by Gasteiger charge is 2.40. The number of amides is 1. The highest BCUT2D eigenvalue weighted by Crippen LogP contribution is 2.40. The van der Waals surface area contributed by atoms with Gasteiger partial charge < -0.3 is 15.0 Å². The van der Waals surface area contributed by atoms with E-state index >= 15 is 0 Å². The molecule has 1 N–H and O–H groups in total. The number of para-hydroxylation sites is 1. The number of carbonyl (C=O) groups is 2. The Hall–Kier alpha value is -1.88. The lowest BCUT2D eigenvalue weighted by Crippen LogP contribution is -2.51. The predicted octanol–water partition coefficient (Wildman–Crippen LogP) is 1.97. The van der Waals surface area contributed by atoms with Crippen molar-refractivity contribution in [1.29, 1.82) is 0 Å². The van der Waals surface area contributed by atoms with Crippen LogP contribution in [0.25, 0.3) is 0 Å². The van der Waals surface area contributed by atoms with Crippen LogP contribution in [0, 0.1) is 5.41 Å². The van der Waals surface area contributed by atoms with E-state index in [2.05, 4.69) is 5.32 Å². The van der Waals surface area contributed by atoms with Crippen molar-refractivity contribution in [3.05, 3.63) is 29.8 Å². The molecule has 0 aliphatic carbocycles. The van der Waals surface area contributed by atoms with Gasteiger partial charge >= 0.3 is 5.97 Å². The smallest absolute Gasteiger partial charge is 0.339 e. The van der Waals surface area contributed by atoms with Crippen molar-refractivity contribution in [1.82, 2.24) is 5.32 Å². The molecule has 2 aliphatic rings. The lowest BCUT2D eigenvalue weighted by atomic mass is 9.72. The van der Waals surface area contributed by atoms with Crippen molar-refractivity contribution in [2.75, 3.05) is 31.6 Å².